The molecular formula is C21H18ClFN6O. The van der Waals surface area contributed by atoms with Gasteiger partial charge in [0.15, 0.2) is 5.82 Å². The Bertz CT molecular complexity index is 1190. The predicted molar refractivity (Wildman–Crippen MR) is 115 cm³/mol. The number of benzene rings is 2. The summed E-state index contributed by atoms with van der Waals surface area (Å²) in [5.74, 6) is 0.620. The molecule has 0 radical (unpaired) electrons. The number of fused-ring (bicyclic) bond motifs is 1. The van der Waals surface area contributed by atoms with Gasteiger partial charge in [-0.05, 0) is 48.9 Å². The Morgan fingerprint density at radius 3 is 2.63 bits per heavy atom. The lowest BCUT2D eigenvalue weighted by Gasteiger charge is -2.22. The Morgan fingerprint density at radius 1 is 1.10 bits per heavy atom. The average molecular weight is 425 g/mol. The molecule has 30 heavy (non-hydrogen) atoms. The van der Waals surface area contributed by atoms with Crippen LogP contribution in [0.5, 0.6) is 5.75 Å². The summed E-state index contributed by atoms with van der Waals surface area (Å²) in [6.07, 6.45) is 3.90. The minimum absolute atomic E-state index is 0.00938. The van der Waals surface area contributed by atoms with E-state index < -0.39 is 5.82 Å². The fourth-order valence-electron chi connectivity index (χ4n) is 2.98. The minimum atomic E-state index is -0.497. The number of nitrogens with one attached hydrogen (secondary N) is 1. The molecule has 2 aromatic carbocycles. The van der Waals surface area contributed by atoms with Crippen molar-refractivity contribution < 1.29 is 9.50 Å². The first-order valence-corrected chi connectivity index (χ1v) is 9.69. The van der Waals surface area contributed by atoms with Gasteiger partial charge in [0.2, 0.25) is 5.95 Å². The Hall–Kier alpha value is -3.52. The van der Waals surface area contributed by atoms with Crippen LogP contribution < -0.4 is 10.2 Å². The lowest BCUT2D eigenvalue weighted by molar-refractivity contribution is 0.475. The zero-order valence-electron chi connectivity index (χ0n) is 16.0. The van der Waals surface area contributed by atoms with E-state index in [9.17, 15) is 9.50 Å². The van der Waals surface area contributed by atoms with Gasteiger partial charge in [-0.3, -0.25) is 0 Å². The van der Waals surface area contributed by atoms with E-state index in [2.05, 4.69) is 32.2 Å². The van der Waals surface area contributed by atoms with Gasteiger partial charge in [-0.25, -0.2) is 24.3 Å². The van der Waals surface area contributed by atoms with Crippen LogP contribution in [0.15, 0.2) is 55.0 Å². The van der Waals surface area contributed by atoms with Gasteiger partial charge >= 0.3 is 0 Å². The molecule has 0 bridgehead atoms. The van der Waals surface area contributed by atoms with E-state index >= 15 is 0 Å². The number of phenols is 1. The monoisotopic (exact) mass is 424 g/mol. The Morgan fingerprint density at radius 2 is 1.90 bits per heavy atom. The lowest BCUT2D eigenvalue weighted by Crippen LogP contribution is -2.20. The van der Waals surface area contributed by atoms with Gasteiger partial charge in [0.1, 0.15) is 28.9 Å². The first-order chi connectivity index (χ1) is 14.5. The van der Waals surface area contributed by atoms with Crippen molar-refractivity contribution in [3.8, 4) is 5.75 Å². The van der Waals surface area contributed by atoms with Crippen molar-refractivity contribution in [3.63, 3.8) is 0 Å². The maximum Gasteiger partial charge on any atom is 0.230 e. The summed E-state index contributed by atoms with van der Waals surface area (Å²) in [7, 11) is 0. The van der Waals surface area contributed by atoms with Crippen molar-refractivity contribution in [2.45, 2.75) is 13.3 Å². The summed E-state index contributed by atoms with van der Waals surface area (Å²) in [5, 5.41) is 12.7. The lowest BCUT2D eigenvalue weighted by atomic mass is 10.2. The molecule has 152 valence electrons. The SMILES string of the molecule is CCCN(c1ccc(O)cc1)c1ncc2ncnc(Nc3ccc(F)c(Cl)c3)c2n1. The Labute approximate surface area is 177 Å². The van der Waals surface area contributed by atoms with E-state index in [1.807, 2.05) is 4.90 Å². The molecule has 0 saturated heterocycles. The van der Waals surface area contributed by atoms with Crippen molar-refractivity contribution >= 4 is 45.8 Å². The van der Waals surface area contributed by atoms with Crippen LogP contribution in [0.25, 0.3) is 11.0 Å². The van der Waals surface area contributed by atoms with Gasteiger partial charge in [-0.1, -0.05) is 18.5 Å². The maximum absolute atomic E-state index is 13.5. The summed E-state index contributed by atoms with van der Waals surface area (Å²) in [6.45, 7) is 2.74. The van der Waals surface area contributed by atoms with Gasteiger partial charge in [0.05, 0.1) is 11.2 Å². The number of nitrogens with zero attached hydrogens (tertiary/aromatic N) is 5. The molecule has 2 N–H and O–H groups in total. The molecule has 0 aliphatic heterocycles. The van der Waals surface area contributed by atoms with Gasteiger partial charge in [0, 0.05) is 17.9 Å². The first kappa shape index (κ1) is 19.8. The summed E-state index contributed by atoms with van der Waals surface area (Å²) in [4.78, 5) is 19.6. The number of aromatic hydroxyl groups is 1. The number of hydrogen-bond acceptors (Lipinski definition) is 7. The molecule has 0 aliphatic carbocycles. The number of halogens is 2. The highest BCUT2D eigenvalue weighted by atomic mass is 35.5. The third kappa shape index (κ3) is 4.08. The number of phenolic OH excluding ortho intramolecular Hbond substituents is 1. The van der Waals surface area contributed by atoms with Crippen molar-refractivity contribution in [1.29, 1.82) is 0 Å². The van der Waals surface area contributed by atoms with Crippen LogP contribution in [-0.2, 0) is 0 Å². The van der Waals surface area contributed by atoms with E-state index in [1.165, 1.54) is 18.5 Å². The topological polar surface area (TPSA) is 87.1 Å². The molecule has 0 amide bonds. The molecule has 2 heterocycles. The fourth-order valence-corrected chi connectivity index (χ4v) is 3.16. The van der Waals surface area contributed by atoms with E-state index in [1.54, 1.807) is 36.5 Å². The fraction of sp³-hybridized carbons (Fsp3) is 0.143. The van der Waals surface area contributed by atoms with E-state index in [0.717, 1.165) is 12.1 Å². The molecule has 0 spiro atoms. The molecule has 2 aromatic heterocycles. The van der Waals surface area contributed by atoms with Crippen LogP contribution in [0.1, 0.15) is 13.3 Å². The molecule has 7 nitrogen and oxygen atoms in total. The minimum Gasteiger partial charge on any atom is -0.508 e. The summed E-state index contributed by atoms with van der Waals surface area (Å²) < 4.78 is 13.5. The van der Waals surface area contributed by atoms with Gasteiger partial charge < -0.3 is 15.3 Å². The van der Waals surface area contributed by atoms with Crippen LogP contribution in [0, 0.1) is 5.82 Å². The standard InChI is InChI=1S/C21H18ClFN6O/c1-2-9-29(14-4-6-15(30)7-5-14)21-24-11-18-19(28-21)20(26-12-25-18)27-13-3-8-17(23)16(22)10-13/h3-8,10-12,30H,2,9H2,1H3,(H,25,26,27). The largest absolute Gasteiger partial charge is 0.508 e. The zero-order valence-corrected chi connectivity index (χ0v) is 16.8. The van der Waals surface area contributed by atoms with Gasteiger partial charge in [0.25, 0.3) is 0 Å². The van der Waals surface area contributed by atoms with Crippen LogP contribution in [-0.4, -0.2) is 31.6 Å². The van der Waals surface area contributed by atoms with Crippen LogP contribution in [0.4, 0.5) is 27.5 Å². The second kappa shape index (κ2) is 8.46. The number of anilines is 4. The summed E-state index contributed by atoms with van der Waals surface area (Å²) >= 11 is 5.88. The van der Waals surface area contributed by atoms with Crippen molar-refractivity contribution in [2.75, 3.05) is 16.8 Å². The average Bonchev–Trinajstić information content (AvgIpc) is 2.75. The first-order valence-electron chi connectivity index (χ1n) is 9.31. The smallest absolute Gasteiger partial charge is 0.230 e. The van der Waals surface area contributed by atoms with Crippen molar-refractivity contribution in [1.82, 2.24) is 19.9 Å². The quantitative estimate of drug-likeness (QED) is 0.439. The van der Waals surface area contributed by atoms with Crippen LogP contribution in [0.2, 0.25) is 5.02 Å². The number of hydrogen-bond donors (Lipinski definition) is 2. The molecule has 9 heteroatoms. The van der Waals surface area contributed by atoms with Gasteiger partial charge in [-0.15, -0.1) is 0 Å². The molecule has 4 aromatic rings. The third-order valence-electron chi connectivity index (χ3n) is 4.40. The van der Waals surface area contributed by atoms with Crippen LogP contribution >= 0.6 is 11.6 Å². The summed E-state index contributed by atoms with van der Waals surface area (Å²) in [5.41, 5.74) is 2.51. The molecular weight excluding hydrogens is 407 g/mol. The molecule has 0 fully saturated rings. The van der Waals surface area contributed by atoms with E-state index in [0.29, 0.717) is 35.0 Å². The predicted octanol–water partition coefficient (Wildman–Crippen LogP) is 5.21. The highest BCUT2D eigenvalue weighted by Crippen LogP contribution is 2.28. The molecule has 4 rings (SSSR count). The third-order valence-corrected chi connectivity index (χ3v) is 4.69. The van der Waals surface area contributed by atoms with Crippen LogP contribution in [0.3, 0.4) is 0 Å². The molecule has 0 atom stereocenters. The molecule has 0 saturated carbocycles. The van der Waals surface area contributed by atoms with Crippen molar-refractivity contribution in [2.24, 2.45) is 0 Å². The van der Waals surface area contributed by atoms with E-state index in [4.69, 9.17) is 11.6 Å². The molecule has 0 unspecified atom stereocenters. The van der Waals surface area contributed by atoms with Gasteiger partial charge in [-0.2, -0.15) is 0 Å². The maximum atomic E-state index is 13.5. The second-order valence-corrected chi connectivity index (χ2v) is 6.96. The highest BCUT2D eigenvalue weighted by Gasteiger charge is 2.15. The second-order valence-electron chi connectivity index (χ2n) is 6.55. The zero-order chi connectivity index (χ0) is 21.1. The highest BCUT2D eigenvalue weighted by molar-refractivity contribution is 6.31. The number of aromatic nitrogens is 4. The molecule has 0 aliphatic rings. The Balaban J connectivity index is 1.75. The Kier molecular flexibility index (Phi) is 5.58. The summed E-state index contributed by atoms with van der Waals surface area (Å²) in [6, 6.07) is 11.2. The number of rotatable bonds is 6. The van der Waals surface area contributed by atoms with E-state index in [-0.39, 0.29) is 10.8 Å². The normalized spacial score (nSPS) is 10.9. The van der Waals surface area contributed by atoms with Crippen molar-refractivity contribution in [3.05, 3.63) is 65.8 Å².